The van der Waals surface area contributed by atoms with E-state index in [0.29, 0.717) is 16.4 Å². The maximum atomic E-state index is 12.5. The largest absolute Gasteiger partial charge is 0.497 e. The van der Waals surface area contributed by atoms with Crippen LogP contribution in [0.1, 0.15) is 20.8 Å². The molecule has 0 radical (unpaired) electrons. The SMILES string of the molecule is COc1ccc(-c2nc(NC(=O)c3ccc(C)c(OC)c3)sc2C)cc1. The average Bonchev–Trinajstić information content (AvgIpc) is 3.02. The van der Waals surface area contributed by atoms with Gasteiger partial charge >= 0.3 is 0 Å². The van der Waals surface area contributed by atoms with Gasteiger partial charge in [-0.2, -0.15) is 0 Å². The van der Waals surface area contributed by atoms with Crippen LogP contribution in [0, 0.1) is 13.8 Å². The van der Waals surface area contributed by atoms with Crippen LogP contribution in [0.5, 0.6) is 11.5 Å². The number of carbonyl (C=O) groups excluding carboxylic acids is 1. The van der Waals surface area contributed by atoms with Crippen molar-refractivity contribution in [1.29, 1.82) is 0 Å². The molecule has 0 spiro atoms. The number of ether oxygens (including phenoxy) is 2. The van der Waals surface area contributed by atoms with Crippen LogP contribution < -0.4 is 14.8 Å². The standard InChI is InChI=1S/C20H20N2O3S/c1-12-5-6-15(11-17(12)25-4)19(23)22-20-21-18(13(2)26-20)14-7-9-16(24-3)10-8-14/h5-11H,1-4H3,(H,21,22,23). The van der Waals surface area contributed by atoms with Crippen molar-refractivity contribution in [2.45, 2.75) is 13.8 Å². The van der Waals surface area contributed by atoms with Crippen molar-refractivity contribution in [2.24, 2.45) is 0 Å². The van der Waals surface area contributed by atoms with Crippen molar-refractivity contribution in [2.75, 3.05) is 19.5 Å². The zero-order valence-corrected chi connectivity index (χ0v) is 15.9. The number of carbonyl (C=O) groups is 1. The van der Waals surface area contributed by atoms with Crippen LogP contribution in [0.4, 0.5) is 5.13 Å². The summed E-state index contributed by atoms with van der Waals surface area (Å²) in [5, 5.41) is 3.44. The van der Waals surface area contributed by atoms with Gasteiger partial charge in [0.25, 0.3) is 5.91 Å². The summed E-state index contributed by atoms with van der Waals surface area (Å²) in [6.07, 6.45) is 0. The Kier molecular flexibility index (Phi) is 5.23. The average molecular weight is 368 g/mol. The summed E-state index contributed by atoms with van der Waals surface area (Å²) in [7, 11) is 3.23. The molecular weight excluding hydrogens is 348 g/mol. The molecule has 0 aliphatic heterocycles. The molecule has 0 atom stereocenters. The Bertz CT molecular complexity index is 933. The molecule has 1 amide bonds. The number of rotatable bonds is 5. The van der Waals surface area contributed by atoms with Gasteiger partial charge in [-0.15, -0.1) is 11.3 Å². The molecule has 0 aliphatic rings. The number of aromatic nitrogens is 1. The number of amides is 1. The van der Waals surface area contributed by atoms with E-state index in [9.17, 15) is 4.79 Å². The number of hydrogen-bond acceptors (Lipinski definition) is 5. The molecule has 0 saturated carbocycles. The summed E-state index contributed by atoms with van der Waals surface area (Å²) < 4.78 is 10.5. The lowest BCUT2D eigenvalue weighted by molar-refractivity contribution is 0.102. The molecule has 0 saturated heterocycles. The first-order chi connectivity index (χ1) is 12.5. The number of aryl methyl sites for hydroxylation is 2. The summed E-state index contributed by atoms with van der Waals surface area (Å²) in [5.41, 5.74) is 3.36. The fourth-order valence-electron chi connectivity index (χ4n) is 2.60. The minimum atomic E-state index is -0.210. The Balaban J connectivity index is 1.81. The van der Waals surface area contributed by atoms with Crippen molar-refractivity contribution < 1.29 is 14.3 Å². The fourth-order valence-corrected chi connectivity index (χ4v) is 3.43. The third-order valence-electron chi connectivity index (χ3n) is 4.05. The quantitative estimate of drug-likeness (QED) is 0.709. The van der Waals surface area contributed by atoms with Crippen LogP contribution in [-0.4, -0.2) is 25.1 Å². The summed E-state index contributed by atoms with van der Waals surface area (Å²) in [4.78, 5) is 18.1. The summed E-state index contributed by atoms with van der Waals surface area (Å²) in [6.45, 7) is 3.92. The van der Waals surface area contributed by atoms with Gasteiger partial charge in [-0.1, -0.05) is 6.07 Å². The Morgan fingerprint density at radius 1 is 1.04 bits per heavy atom. The lowest BCUT2D eigenvalue weighted by Gasteiger charge is -2.07. The minimum absolute atomic E-state index is 0.210. The smallest absolute Gasteiger partial charge is 0.257 e. The molecule has 3 rings (SSSR count). The second kappa shape index (κ2) is 7.58. The predicted molar refractivity (Wildman–Crippen MR) is 105 cm³/mol. The number of methoxy groups -OCH3 is 2. The van der Waals surface area contributed by atoms with Crippen molar-refractivity contribution in [3.05, 3.63) is 58.5 Å². The monoisotopic (exact) mass is 368 g/mol. The molecule has 0 aliphatic carbocycles. The fraction of sp³-hybridized carbons (Fsp3) is 0.200. The Hall–Kier alpha value is -2.86. The van der Waals surface area contributed by atoms with Gasteiger partial charge in [0.1, 0.15) is 11.5 Å². The molecule has 3 aromatic rings. The van der Waals surface area contributed by atoms with Gasteiger partial charge in [0.05, 0.1) is 19.9 Å². The number of hydrogen-bond donors (Lipinski definition) is 1. The van der Waals surface area contributed by atoms with E-state index in [-0.39, 0.29) is 5.91 Å². The highest BCUT2D eigenvalue weighted by molar-refractivity contribution is 7.16. The van der Waals surface area contributed by atoms with Crippen LogP contribution in [0.2, 0.25) is 0 Å². The zero-order valence-electron chi connectivity index (χ0n) is 15.1. The van der Waals surface area contributed by atoms with Crippen molar-refractivity contribution in [1.82, 2.24) is 4.98 Å². The lowest BCUT2D eigenvalue weighted by atomic mass is 10.1. The van der Waals surface area contributed by atoms with Crippen LogP contribution in [0.15, 0.2) is 42.5 Å². The molecule has 1 heterocycles. The molecule has 134 valence electrons. The Morgan fingerprint density at radius 2 is 1.77 bits per heavy atom. The molecule has 1 aromatic heterocycles. The highest BCUT2D eigenvalue weighted by atomic mass is 32.1. The number of benzene rings is 2. The van der Waals surface area contributed by atoms with E-state index in [4.69, 9.17) is 9.47 Å². The first-order valence-corrected chi connectivity index (χ1v) is 8.91. The summed E-state index contributed by atoms with van der Waals surface area (Å²) >= 11 is 1.45. The van der Waals surface area contributed by atoms with E-state index in [1.54, 1.807) is 26.4 Å². The Morgan fingerprint density at radius 3 is 2.42 bits per heavy atom. The first-order valence-electron chi connectivity index (χ1n) is 8.09. The van der Waals surface area contributed by atoms with Gasteiger partial charge in [-0.25, -0.2) is 4.98 Å². The van der Waals surface area contributed by atoms with Crippen molar-refractivity contribution in [3.8, 4) is 22.8 Å². The van der Waals surface area contributed by atoms with Gasteiger partial charge < -0.3 is 9.47 Å². The van der Waals surface area contributed by atoms with E-state index in [1.165, 1.54) is 11.3 Å². The second-order valence-corrected chi connectivity index (χ2v) is 6.99. The molecule has 5 nitrogen and oxygen atoms in total. The van der Waals surface area contributed by atoms with Gasteiger partial charge in [-0.3, -0.25) is 10.1 Å². The third kappa shape index (κ3) is 3.70. The van der Waals surface area contributed by atoms with Gasteiger partial charge in [0.15, 0.2) is 5.13 Å². The third-order valence-corrected chi connectivity index (χ3v) is 4.94. The predicted octanol–water partition coefficient (Wildman–Crippen LogP) is 4.70. The van der Waals surface area contributed by atoms with Gasteiger partial charge in [-0.05, 0) is 55.8 Å². The molecule has 0 unspecified atom stereocenters. The van der Waals surface area contributed by atoms with E-state index >= 15 is 0 Å². The maximum Gasteiger partial charge on any atom is 0.257 e. The maximum absolute atomic E-state index is 12.5. The normalized spacial score (nSPS) is 10.5. The molecule has 0 bridgehead atoms. The van der Waals surface area contributed by atoms with Crippen LogP contribution >= 0.6 is 11.3 Å². The van der Waals surface area contributed by atoms with Crippen LogP contribution in [0.3, 0.4) is 0 Å². The molecular formula is C20H20N2O3S. The number of anilines is 1. The molecule has 0 fully saturated rings. The number of nitrogens with zero attached hydrogens (tertiary/aromatic N) is 1. The highest BCUT2D eigenvalue weighted by Crippen LogP contribution is 2.31. The van der Waals surface area contributed by atoms with Crippen molar-refractivity contribution >= 4 is 22.4 Å². The lowest BCUT2D eigenvalue weighted by Crippen LogP contribution is -2.12. The van der Waals surface area contributed by atoms with Crippen LogP contribution in [-0.2, 0) is 0 Å². The number of nitrogens with one attached hydrogen (secondary N) is 1. The molecule has 6 heteroatoms. The van der Waals surface area contributed by atoms with Crippen molar-refractivity contribution in [3.63, 3.8) is 0 Å². The topological polar surface area (TPSA) is 60.5 Å². The van der Waals surface area contributed by atoms with E-state index in [0.717, 1.165) is 27.4 Å². The zero-order chi connectivity index (χ0) is 18.7. The van der Waals surface area contributed by atoms with E-state index < -0.39 is 0 Å². The van der Waals surface area contributed by atoms with Gasteiger partial charge in [0.2, 0.25) is 0 Å². The van der Waals surface area contributed by atoms with Gasteiger partial charge in [0, 0.05) is 16.0 Å². The highest BCUT2D eigenvalue weighted by Gasteiger charge is 2.14. The molecule has 1 N–H and O–H groups in total. The Labute approximate surface area is 156 Å². The minimum Gasteiger partial charge on any atom is -0.497 e. The molecule has 2 aromatic carbocycles. The first kappa shape index (κ1) is 17.9. The second-order valence-electron chi connectivity index (χ2n) is 5.79. The van der Waals surface area contributed by atoms with E-state index in [1.807, 2.05) is 44.2 Å². The van der Waals surface area contributed by atoms with E-state index in [2.05, 4.69) is 10.3 Å². The number of thiazole rings is 1. The summed E-state index contributed by atoms with van der Waals surface area (Å²) in [5.74, 6) is 1.27. The van der Waals surface area contributed by atoms with Crippen LogP contribution in [0.25, 0.3) is 11.3 Å². The summed E-state index contributed by atoms with van der Waals surface area (Å²) in [6, 6.07) is 13.1. The molecule has 26 heavy (non-hydrogen) atoms.